The van der Waals surface area contributed by atoms with E-state index in [2.05, 4.69) is 10.4 Å². The summed E-state index contributed by atoms with van der Waals surface area (Å²) in [5.41, 5.74) is 3.73. The third-order valence-corrected chi connectivity index (χ3v) is 5.05. The van der Waals surface area contributed by atoms with Gasteiger partial charge in [-0.3, -0.25) is 14.3 Å². The number of fused-ring (bicyclic) bond motifs is 1. The van der Waals surface area contributed by atoms with Crippen molar-refractivity contribution >= 4 is 17.5 Å². The van der Waals surface area contributed by atoms with E-state index in [9.17, 15) is 9.59 Å². The Hall–Kier alpha value is -3.35. The molecule has 0 saturated heterocycles. The number of rotatable bonds is 3. The molecule has 0 fully saturated rings. The third kappa shape index (κ3) is 3.43. The molecular weight excluding hydrogens is 356 g/mol. The first-order valence-corrected chi connectivity index (χ1v) is 9.30. The first-order chi connectivity index (χ1) is 13.5. The number of hydrogen-bond donors (Lipinski definition) is 1. The van der Waals surface area contributed by atoms with Crippen LogP contribution in [0.25, 0.3) is 0 Å². The zero-order chi connectivity index (χ0) is 19.7. The van der Waals surface area contributed by atoms with Crippen LogP contribution in [-0.2, 0) is 13.1 Å². The standard InChI is InChI=1S/C21H22N4O3/c1-14-13-28-19(15(14)2)21(27)24-9-6-10-25-17(12-24)11-18(23-25)20(26)22-16-7-4-3-5-8-16/h3-5,7-8,11,13H,6,9-10,12H2,1-2H3,(H,22,26). The van der Waals surface area contributed by atoms with E-state index in [0.29, 0.717) is 31.1 Å². The largest absolute Gasteiger partial charge is 0.459 e. The monoisotopic (exact) mass is 378 g/mol. The number of carbonyl (C=O) groups excluding carboxylic acids is 2. The number of hydrogen-bond acceptors (Lipinski definition) is 4. The van der Waals surface area contributed by atoms with Crippen LogP contribution in [0, 0.1) is 13.8 Å². The molecule has 0 spiro atoms. The second kappa shape index (κ2) is 7.34. The van der Waals surface area contributed by atoms with Crippen molar-refractivity contribution in [3.63, 3.8) is 0 Å². The molecule has 0 radical (unpaired) electrons. The van der Waals surface area contributed by atoms with E-state index in [4.69, 9.17) is 4.42 Å². The third-order valence-electron chi connectivity index (χ3n) is 5.05. The van der Waals surface area contributed by atoms with Crippen molar-refractivity contribution in [1.82, 2.24) is 14.7 Å². The van der Waals surface area contributed by atoms with Crippen LogP contribution in [0.4, 0.5) is 5.69 Å². The summed E-state index contributed by atoms with van der Waals surface area (Å²) in [7, 11) is 0. The second-order valence-corrected chi connectivity index (χ2v) is 7.02. The molecule has 1 aromatic carbocycles. The highest BCUT2D eigenvalue weighted by atomic mass is 16.3. The quantitative estimate of drug-likeness (QED) is 0.758. The lowest BCUT2D eigenvalue weighted by atomic mass is 10.1. The lowest BCUT2D eigenvalue weighted by Gasteiger charge is -2.19. The summed E-state index contributed by atoms with van der Waals surface area (Å²) >= 11 is 0. The lowest BCUT2D eigenvalue weighted by molar-refractivity contribution is 0.0712. The Bertz CT molecular complexity index is 1020. The molecule has 0 bridgehead atoms. The van der Waals surface area contributed by atoms with Gasteiger partial charge in [0.25, 0.3) is 11.8 Å². The number of aryl methyl sites for hydroxylation is 2. The number of nitrogens with one attached hydrogen (secondary N) is 1. The number of furan rings is 1. The molecule has 1 aliphatic heterocycles. The van der Waals surface area contributed by atoms with Gasteiger partial charge in [0.05, 0.1) is 18.5 Å². The molecule has 28 heavy (non-hydrogen) atoms. The molecule has 3 aromatic rings. The summed E-state index contributed by atoms with van der Waals surface area (Å²) in [6.45, 7) is 5.48. The van der Waals surface area contributed by atoms with Crippen molar-refractivity contribution in [2.24, 2.45) is 0 Å². The van der Waals surface area contributed by atoms with E-state index in [-0.39, 0.29) is 11.8 Å². The number of benzene rings is 1. The Morgan fingerprint density at radius 1 is 1.14 bits per heavy atom. The summed E-state index contributed by atoms with van der Waals surface area (Å²) in [6, 6.07) is 11.0. The normalized spacial score (nSPS) is 13.7. The molecule has 0 unspecified atom stereocenters. The smallest absolute Gasteiger partial charge is 0.290 e. The molecule has 0 atom stereocenters. The summed E-state index contributed by atoms with van der Waals surface area (Å²) < 4.78 is 7.28. The van der Waals surface area contributed by atoms with Gasteiger partial charge in [-0.1, -0.05) is 18.2 Å². The zero-order valence-corrected chi connectivity index (χ0v) is 15.9. The van der Waals surface area contributed by atoms with Gasteiger partial charge in [-0.05, 0) is 44.0 Å². The Balaban J connectivity index is 1.53. The van der Waals surface area contributed by atoms with Gasteiger partial charge in [0.15, 0.2) is 11.5 Å². The number of amides is 2. The minimum Gasteiger partial charge on any atom is -0.459 e. The average molecular weight is 378 g/mol. The number of nitrogens with zero attached hydrogens (tertiary/aromatic N) is 3. The molecule has 2 amide bonds. The van der Waals surface area contributed by atoms with Crippen LogP contribution in [0.3, 0.4) is 0 Å². The van der Waals surface area contributed by atoms with Crippen molar-refractivity contribution in [2.45, 2.75) is 33.4 Å². The summed E-state index contributed by atoms with van der Waals surface area (Å²) in [5, 5.41) is 7.28. The minimum absolute atomic E-state index is 0.129. The van der Waals surface area contributed by atoms with Crippen LogP contribution in [0.1, 0.15) is 44.3 Å². The maximum Gasteiger partial charge on any atom is 0.290 e. The van der Waals surface area contributed by atoms with E-state index in [1.165, 1.54) is 0 Å². The maximum absolute atomic E-state index is 12.9. The fourth-order valence-corrected chi connectivity index (χ4v) is 3.32. The maximum atomic E-state index is 12.9. The molecule has 7 heteroatoms. The van der Waals surface area contributed by atoms with Crippen molar-refractivity contribution in [3.05, 3.63) is 70.9 Å². The van der Waals surface area contributed by atoms with Gasteiger partial charge in [-0.2, -0.15) is 5.10 Å². The van der Waals surface area contributed by atoms with Gasteiger partial charge in [0.2, 0.25) is 0 Å². The number of aromatic nitrogens is 2. The first-order valence-electron chi connectivity index (χ1n) is 9.30. The molecular formula is C21H22N4O3. The molecule has 0 saturated carbocycles. The van der Waals surface area contributed by atoms with Crippen molar-refractivity contribution in [2.75, 3.05) is 11.9 Å². The number of carbonyl (C=O) groups is 2. The van der Waals surface area contributed by atoms with Crippen molar-refractivity contribution in [3.8, 4) is 0 Å². The summed E-state index contributed by atoms with van der Waals surface area (Å²) in [4.78, 5) is 27.2. The van der Waals surface area contributed by atoms with E-state index in [0.717, 1.165) is 28.9 Å². The van der Waals surface area contributed by atoms with Gasteiger partial charge >= 0.3 is 0 Å². The predicted molar refractivity (Wildman–Crippen MR) is 104 cm³/mol. The Kier molecular flexibility index (Phi) is 4.73. The Labute approximate surface area is 162 Å². The molecule has 7 nitrogen and oxygen atoms in total. The molecule has 4 rings (SSSR count). The SMILES string of the molecule is Cc1coc(C(=O)N2CCCn3nc(C(=O)Nc4ccccc4)cc3C2)c1C. The van der Waals surface area contributed by atoms with E-state index >= 15 is 0 Å². The number of para-hydroxylation sites is 1. The van der Waals surface area contributed by atoms with Gasteiger partial charge < -0.3 is 14.6 Å². The van der Waals surface area contributed by atoms with Crippen LogP contribution in [0.2, 0.25) is 0 Å². The van der Waals surface area contributed by atoms with E-state index in [1.54, 1.807) is 17.2 Å². The fourth-order valence-electron chi connectivity index (χ4n) is 3.32. The van der Waals surface area contributed by atoms with Gasteiger partial charge in [-0.15, -0.1) is 0 Å². The van der Waals surface area contributed by atoms with Gasteiger partial charge in [0, 0.05) is 24.3 Å². The lowest BCUT2D eigenvalue weighted by Crippen LogP contribution is -2.30. The highest BCUT2D eigenvalue weighted by molar-refractivity contribution is 6.03. The van der Waals surface area contributed by atoms with Crippen LogP contribution in [0.15, 0.2) is 47.1 Å². The molecule has 0 aliphatic carbocycles. The van der Waals surface area contributed by atoms with E-state index in [1.807, 2.05) is 48.9 Å². The fraction of sp³-hybridized carbons (Fsp3) is 0.286. The summed E-state index contributed by atoms with van der Waals surface area (Å²) in [6.07, 6.45) is 2.37. The molecule has 2 aromatic heterocycles. The van der Waals surface area contributed by atoms with Crippen LogP contribution in [-0.4, -0.2) is 33.0 Å². The molecule has 3 heterocycles. The zero-order valence-electron chi connectivity index (χ0n) is 15.9. The van der Waals surface area contributed by atoms with Gasteiger partial charge in [0.1, 0.15) is 0 Å². The predicted octanol–water partition coefficient (Wildman–Crippen LogP) is 3.39. The van der Waals surface area contributed by atoms with Gasteiger partial charge in [-0.25, -0.2) is 0 Å². The van der Waals surface area contributed by atoms with E-state index < -0.39 is 0 Å². The summed E-state index contributed by atoms with van der Waals surface area (Å²) in [5.74, 6) is -0.00907. The van der Waals surface area contributed by atoms with Crippen molar-refractivity contribution in [1.29, 1.82) is 0 Å². The van der Waals surface area contributed by atoms with Crippen LogP contribution in [0.5, 0.6) is 0 Å². The highest BCUT2D eigenvalue weighted by Gasteiger charge is 2.26. The van der Waals surface area contributed by atoms with Crippen molar-refractivity contribution < 1.29 is 14.0 Å². The Morgan fingerprint density at radius 3 is 2.64 bits per heavy atom. The van der Waals surface area contributed by atoms with Crippen LogP contribution < -0.4 is 5.32 Å². The molecule has 144 valence electrons. The second-order valence-electron chi connectivity index (χ2n) is 7.02. The molecule has 1 N–H and O–H groups in total. The molecule has 1 aliphatic rings. The number of anilines is 1. The highest BCUT2D eigenvalue weighted by Crippen LogP contribution is 2.21. The topological polar surface area (TPSA) is 80.4 Å². The first kappa shape index (κ1) is 18.0. The minimum atomic E-state index is -0.262. The Morgan fingerprint density at radius 2 is 1.93 bits per heavy atom. The van der Waals surface area contributed by atoms with Crippen LogP contribution >= 0.6 is 0 Å². The average Bonchev–Trinajstić information content (AvgIpc) is 3.18.